The fraction of sp³-hybridized carbons (Fsp3) is 0.350. The van der Waals surface area contributed by atoms with Crippen molar-refractivity contribution in [1.82, 2.24) is 10.2 Å². The Bertz CT molecular complexity index is 688. The first-order chi connectivity index (χ1) is 12.7. The molecule has 0 radical (unpaired) electrons. The van der Waals surface area contributed by atoms with Gasteiger partial charge in [0, 0.05) is 24.7 Å². The first-order valence-electron chi connectivity index (χ1n) is 8.74. The molecule has 1 aliphatic rings. The van der Waals surface area contributed by atoms with Gasteiger partial charge in [0.1, 0.15) is 5.75 Å². The molecule has 1 atom stereocenters. The highest BCUT2D eigenvalue weighted by Gasteiger charge is 2.23. The van der Waals surface area contributed by atoms with Gasteiger partial charge in [0.2, 0.25) is 0 Å². The third kappa shape index (κ3) is 5.46. The lowest BCUT2D eigenvalue weighted by atomic mass is 10.0. The third-order valence-electron chi connectivity index (χ3n) is 4.35. The Kier molecular flexibility index (Phi) is 6.89. The molecule has 2 aromatic rings. The van der Waals surface area contributed by atoms with Crippen molar-refractivity contribution in [3.63, 3.8) is 0 Å². The predicted octanol–water partition coefficient (Wildman–Crippen LogP) is 2.91. The average molecular weight is 375 g/mol. The van der Waals surface area contributed by atoms with E-state index in [4.69, 9.17) is 21.1 Å². The molecule has 0 saturated carbocycles. The number of amides is 1. The summed E-state index contributed by atoms with van der Waals surface area (Å²) >= 11 is 6.01. The molecule has 1 N–H and O–H groups in total. The number of hydrogen-bond donors (Lipinski definition) is 1. The molecule has 0 aromatic heterocycles. The number of carbonyl (C=O) groups excluding carboxylic acids is 1. The fourth-order valence-corrected chi connectivity index (χ4v) is 3.08. The van der Waals surface area contributed by atoms with E-state index < -0.39 is 0 Å². The summed E-state index contributed by atoms with van der Waals surface area (Å²) in [5.74, 6) is 0.547. The Balaban J connectivity index is 1.58. The van der Waals surface area contributed by atoms with Crippen LogP contribution in [0.25, 0.3) is 0 Å². The number of nitrogens with zero attached hydrogens (tertiary/aromatic N) is 1. The monoisotopic (exact) mass is 374 g/mol. The van der Waals surface area contributed by atoms with Crippen molar-refractivity contribution in [2.45, 2.75) is 6.04 Å². The molecule has 0 bridgehead atoms. The van der Waals surface area contributed by atoms with Gasteiger partial charge in [-0.1, -0.05) is 41.9 Å². The van der Waals surface area contributed by atoms with Crippen LogP contribution in [-0.2, 0) is 9.53 Å². The van der Waals surface area contributed by atoms with Gasteiger partial charge in [-0.25, -0.2) is 0 Å². The van der Waals surface area contributed by atoms with Gasteiger partial charge in [0.05, 0.1) is 19.3 Å². The summed E-state index contributed by atoms with van der Waals surface area (Å²) in [5, 5.41) is 3.69. The van der Waals surface area contributed by atoms with E-state index in [1.165, 1.54) is 0 Å². The van der Waals surface area contributed by atoms with Crippen molar-refractivity contribution >= 4 is 17.5 Å². The summed E-state index contributed by atoms with van der Waals surface area (Å²) in [6.45, 7) is 3.59. The van der Waals surface area contributed by atoms with Gasteiger partial charge in [0.15, 0.2) is 6.61 Å². The first kappa shape index (κ1) is 18.7. The summed E-state index contributed by atoms with van der Waals surface area (Å²) in [4.78, 5) is 14.5. The Labute approximate surface area is 158 Å². The molecule has 1 fully saturated rings. The zero-order valence-corrected chi connectivity index (χ0v) is 15.3. The smallest absolute Gasteiger partial charge is 0.258 e. The van der Waals surface area contributed by atoms with Gasteiger partial charge < -0.3 is 14.8 Å². The summed E-state index contributed by atoms with van der Waals surface area (Å²) < 4.78 is 11.0. The van der Waals surface area contributed by atoms with E-state index in [-0.39, 0.29) is 18.6 Å². The van der Waals surface area contributed by atoms with Crippen molar-refractivity contribution in [3.05, 3.63) is 65.2 Å². The largest absolute Gasteiger partial charge is 0.484 e. The van der Waals surface area contributed by atoms with Gasteiger partial charge >= 0.3 is 0 Å². The highest BCUT2D eigenvalue weighted by molar-refractivity contribution is 6.30. The van der Waals surface area contributed by atoms with Crippen LogP contribution in [0.3, 0.4) is 0 Å². The SMILES string of the molecule is O=C(COc1ccccc1)NCC(c1ccc(Cl)cc1)N1CCOCC1. The molecule has 1 amide bonds. The van der Waals surface area contributed by atoms with Gasteiger partial charge in [-0.15, -0.1) is 0 Å². The number of nitrogens with one attached hydrogen (secondary N) is 1. The van der Waals surface area contributed by atoms with Crippen LogP contribution in [0.4, 0.5) is 0 Å². The van der Waals surface area contributed by atoms with Crippen LogP contribution in [0.15, 0.2) is 54.6 Å². The van der Waals surface area contributed by atoms with E-state index in [0.717, 1.165) is 18.7 Å². The standard InChI is InChI=1S/C20H23ClN2O3/c21-17-8-6-16(7-9-17)19(23-10-12-25-13-11-23)14-22-20(24)15-26-18-4-2-1-3-5-18/h1-9,19H,10-15H2,(H,22,24). The number of halogens is 1. The molecule has 2 aromatic carbocycles. The average Bonchev–Trinajstić information content (AvgIpc) is 2.69. The van der Waals surface area contributed by atoms with Crippen LogP contribution >= 0.6 is 11.6 Å². The molecule has 5 nitrogen and oxygen atoms in total. The maximum absolute atomic E-state index is 12.2. The number of benzene rings is 2. The second kappa shape index (κ2) is 9.57. The molecule has 1 heterocycles. The van der Waals surface area contributed by atoms with E-state index in [2.05, 4.69) is 10.2 Å². The Morgan fingerprint density at radius 1 is 1.12 bits per heavy atom. The third-order valence-corrected chi connectivity index (χ3v) is 4.60. The van der Waals surface area contributed by atoms with Crippen LogP contribution in [0.5, 0.6) is 5.75 Å². The van der Waals surface area contributed by atoms with E-state index in [1.54, 1.807) is 0 Å². The van der Waals surface area contributed by atoms with Gasteiger partial charge in [-0.05, 0) is 29.8 Å². The quantitative estimate of drug-likeness (QED) is 0.809. The van der Waals surface area contributed by atoms with E-state index in [9.17, 15) is 4.79 Å². The normalized spacial score (nSPS) is 16.0. The number of carbonyl (C=O) groups is 1. The minimum Gasteiger partial charge on any atom is -0.484 e. The molecule has 26 heavy (non-hydrogen) atoms. The Morgan fingerprint density at radius 2 is 1.81 bits per heavy atom. The minimum atomic E-state index is -0.138. The van der Waals surface area contributed by atoms with Gasteiger partial charge in [0.25, 0.3) is 5.91 Å². The van der Waals surface area contributed by atoms with Gasteiger partial charge in [-0.2, -0.15) is 0 Å². The zero-order valence-electron chi connectivity index (χ0n) is 14.6. The predicted molar refractivity (Wildman–Crippen MR) is 102 cm³/mol. The van der Waals surface area contributed by atoms with Crippen LogP contribution in [0.2, 0.25) is 5.02 Å². The van der Waals surface area contributed by atoms with Crippen LogP contribution < -0.4 is 10.1 Å². The van der Waals surface area contributed by atoms with Crippen molar-refractivity contribution < 1.29 is 14.3 Å². The van der Waals surface area contributed by atoms with Crippen molar-refractivity contribution in [2.75, 3.05) is 39.5 Å². The Morgan fingerprint density at radius 3 is 2.50 bits per heavy atom. The number of ether oxygens (including phenoxy) is 2. The molecule has 1 saturated heterocycles. The lowest BCUT2D eigenvalue weighted by molar-refractivity contribution is -0.123. The molecular formula is C20H23ClN2O3. The van der Waals surface area contributed by atoms with Gasteiger partial charge in [-0.3, -0.25) is 9.69 Å². The molecule has 0 spiro atoms. The van der Waals surface area contributed by atoms with Crippen LogP contribution in [-0.4, -0.2) is 50.3 Å². The lowest BCUT2D eigenvalue weighted by Crippen LogP contribution is -2.44. The molecular weight excluding hydrogens is 352 g/mol. The number of rotatable bonds is 7. The summed E-state index contributed by atoms with van der Waals surface area (Å²) in [7, 11) is 0. The second-order valence-electron chi connectivity index (χ2n) is 6.12. The number of para-hydroxylation sites is 1. The van der Waals surface area contributed by atoms with Crippen LogP contribution in [0.1, 0.15) is 11.6 Å². The summed E-state index contributed by atoms with van der Waals surface area (Å²) in [5.41, 5.74) is 1.13. The van der Waals surface area contributed by atoms with E-state index in [1.807, 2.05) is 54.6 Å². The molecule has 138 valence electrons. The molecule has 1 aliphatic heterocycles. The molecule has 3 rings (SSSR count). The number of hydrogen-bond acceptors (Lipinski definition) is 4. The van der Waals surface area contributed by atoms with E-state index in [0.29, 0.717) is 30.5 Å². The molecule has 1 unspecified atom stereocenters. The maximum Gasteiger partial charge on any atom is 0.258 e. The first-order valence-corrected chi connectivity index (χ1v) is 9.12. The second-order valence-corrected chi connectivity index (χ2v) is 6.56. The lowest BCUT2D eigenvalue weighted by Gasteiger charge is -2.35. The van der Waals surface area contributed by atoms with Crippen molar-refractivity contribution in [2.24, 2.45) is 0 Å². The highest BCUT2D eigenvalue weighted by Crippen LogP contribution is 2.23. The fourth-order valence-electron chi connectivity index (χ4n) is 2.96. The summed E-state index contributed by atoms with van der Waals surface area (Å²) in [6, 6.07) is 17.2. The van der Waals surface area contributed by atoms with Crippen molar-refractivity contribution in [1.29, 1.82) is 0 Å². The van der Waals surface area contributed by atoms with Crippen molar-refractivity contribution in [3.8, 4) is 5.75 Å². The highest BCUT2D eigenvalue weighted by atomic mass is 35.5. The number of morpholine rings is 1. The maximum atomic E-state index is 12.2. The van der Waals surface area contributed by atoms with E-state index >= 15 is 0 Å². The zero-order chi connectivity index (χ0) is 18.2. The molecule has 6 heteroatoms. The Hall–Kier alpha value is -2.08. The summed E-state index contributed by atoms with van der Waals surface area (Å²) in [6.07, 6.45) is 0. The minimum absolute atomic E-state index is 0.000459. The topological polar surface area (TPSA) is 50.8 Å². The van der Waals surface area contributed by atoms with Crippen LogP contribution in [0, 0.1) is 0 Å². The molecule has 0 aliphatic carbocycles.